The van der Waals surface area contributed by atoms with Crippen molar-refractivity contribution in [2.24, 2.45) is 5.73 Å². The minimum Gasteiger partial charge on any atom is -0.341 e. The molecule has 1 aliphatic rings. The molecule has 0 aromatic heterocycles. The summed E-state index contributed by atoms with van der Waals surface area (Å²) in [5, 5.41) is 0. The SMILES string of the molecule is C[C@@H](N)C(=O)N1CCC1. The van der Waals surface area contributed by atoms with E-state index in [0.29, 0.717) is 0 Å². The molecule has 2 N–H and O–H groups in total. The highest BCUT2D eigenvalue weighted by atomic mass is 16.2. The highest BCUT2D eigenvalue weighted by molar-refractivity contribution is 5.81. The molecule has 0 spiro atoms. The predicted molar refractivity (Wildman–Crippen MR) is 34.8 cm³/mol. The Labute approximate surface area is 54.8 Å². The lowest BCUT2D eigenvalue weighted by Crippen LogP contribution is -2.48. The summed E-state index contributed by atoms with van der Waals surface area (Å²) in [7, 11) is 0. The van der Waals surface area contributed by atoms with Crippen LogP contribution >= 0.6 is 0 Å². The molecule has 0 saturated carbocycles. The Morgan fingerprint density at radius 2 is 2.22 bits per heavy atom. The summed E-state index contributed by atoms with van der Waals surface area (Å²) in [6.07, 6.45) is 1.14. The highest BCUT2D eigenvalue weighted by Crippen LogP contribution is 2.06. The zero-order valence-corrected chi connectivity index (χ0v) is 5.63. The summed E-state index contributed by atoms with van der Waals surface area (Å²) >= 11 is 0. The lowest BCUT2D eigenvalue weighted by atomic mass is 10.2. The molecule has 9 heavy (non-hydrogen) atoms. The summed E-state index contributed by atoms with van der Waals surface area (Å²) in [5.41, 5.74) is 5.36. The minimum atomic E-state index is -0.315. The van der Waals surface area contributed by atoms with Gasteiger partial charge in [-0.2, -0.15) is 0 Å². The van der Waals surface area contributed by atoms with E-state index in [2.05, 4.69) is 0 Å². The van der Waals surface area contributed by atoms with E-state index in [1.807, 2.05) is 0 Å². The molecular weight excluding hydrogens is 116 g/mol. The number of hydrogen-bond donors (Lipinski definition) is 1. The molecule has 0 aromatic rings. The van der Waals surface area contributed by atoms with E-state index in [1.54, 1.807) is 11.8 Å². The van der Waals surface area contributed by atoms with Crippen LogP contribution < -0.4 is 5.73 Å². The first-order valence-electron chi connectivity index (χ1n) is 3.26. The van der Waals surface area contributed by atoms with E-state index in [1.165, 1.54) is 0 Å². The molecule has 0 aromatic carbocycles. The van der Waals surface area contributed by atoms with Gasteiger partial charge in [-0.25, -0.2) is 0 Å². The van der Waals surface area contributed by atoms with Crippen molar-refractivity contribution in [3.63, 3.8) is 0 Å². The molecule has 3 heteroatoms. The summed E-state index contributed by atoms with van der Waals surface area (Å²) in [5.74, 6) is 0.0845. The molecule has 52 valence electrons. The van der Waals surface area contributed by atoms with Crippen LogP contribution in [-0.4, -0.2) is 29.9 Å². The molecular formula is C6H12N2O. The first-order chi connectivity index (χ1) is 4.22. The topological polar surface area (TPSA) is 46.3 Å². The van der Waals surface area contributed by atoms with Gasteiger partial charge in [-0.05, 0) is 13.3 Å². The van der Waals surface area contributed by atoms with E-state index in [9.17, 15) is 4.79 Å². The molecule has 1 saturated heterocycles. The number of hydrogen-bond acceptors (Lipinski definition) is 2. The average molecular weight is 128 g/mol. The van der Waals surface area contributed by atoms with Gasteiger partial charge in [-0.1, -0.05) is 0 Å². The van der Waals surface area contributed by atoms with Crippen LogP contribution in [0.15, 0.2) is 0 Å². The molecule has 1 heterocycles. The van der Waals surface area contributed by atoms with Gasteiger partial charge >= 0.3 is 0 Å². The largest absolute Gasteiger partial charge is 0.341 e. The zero-order chi connectivity index (χ0) is 6.85. The van der Waals surface area contributed by atoms with E-state index in [4.69, 9.17) is 5.73 Å². The molecule has 1 fully saturated rings. The number of likely N-dealkylation sites (tertiary alicyclic amines) is 1. The second kappa shape index (κ2) is 2.35. The Morgan fingerprint density at radius 3 is 2.33 bits per heavy atom. The van der Waals surface area contributed by atoms with Crippen molar-refractivity contribution in [2.45, 2.75) is 19.4 Å². The van der Waals surface area contributed by atoms with E-state index < -0.39 is 0 Å². The maximum Gasteiger partial charge on any atom is 0.239 e. The molecule has 1 rings (SSSR count). The fourth-order valence-corrected chi connectivity index (χ4v) is 0.825. The Hall–Kier alpha value is -0.570. The molecule has 1 aliphatic heterocycles. The van der Waals surface area contributed by atoms with Gasteiger partial charge in [0.2, 0.25) is 5.91 Å². The quantitative estimate of drug-likeness (QED) is 0.520. The van der Waals surface area contributed by atoms with Gasteiger partial charge in [0.1, 0.15) is 0 Å². The molecule has 0 aliphatic carbocycles. The fourth-order valence-electron chi connectivity index (χ4n) is 0.825. The van der Waals surface area contributed by atoms with Crippen LogP contribution in [0.2, 0.25) is 0 Å². The third-order valence-electron chi connectivity index (χ3n) is 1.56. The minimum absolute atomic E-state index is 0.0845. The third-order valence-corrected chi connectivity index (χ3v) is 1.56. The van der Waals surface area contributed by atoms with Crippen LogP contribution in [0, 0.1) is 0 Å². The van der Waals surface area contributed by atoms with Crippen LogP contribution in [0.3, 0.4) is 0 Å². The monoisotopic (exact) mass is 128 g/mol. The van der Waals surface area contributed by atoms with Crippen molar-refractivity contribution in [1.82, 2.24) is 4.90 Å². The first kappa shape index (κ1) is 6.55. The van der Waals surface area contributed by atoms with Gasteiger partial charge in [0, 0.05) is 13.1 Å². The highest BCUT2D eigenvalue weighted by Gasteiger charge is 2.22. The molecule has 1 amide bonds. The zero-order valence-electron chi connectivity index (χ0n) is 5.63. The van der Waals surface area contributed by atoms with E-state index >= 15 is 0 Å². The van der Waals surface area contributed by atoms with Crippen molar-refractivity contribution in [3.05, 3.63) is 0 Å². The van der Waals surface area contributed by atoms with Crippen molar-refractivity contribution in [1.29, 1.82) is 0 Å². The fraction of sp³-hybridized carbons (Fsp3) is 0.833. The molecule has 0 unspecified atom stereocenters. The van der Waals surface area contributed by atoms with E-state index in [-0.39, 0.29) is 11.9 Å². The maximum atomic E-state index is 10.9. The number of amides is 1. The second-order valence-electron chi connectivity index (χ2n) is 2.47. The summed E-state index contributed by atoms with van der Waals surface area (Å²) in [6, 6.07) is -0.315. The molecule has 1 atom stereocenters. The van der Waals surface area contributed by atoms with Gasteiger partial charge in [-0.15, -0.1) is 0 Å². The van der Waals surface area contributed by atoms with Crippen molar-refractivity contribution in [2.75, 3.05) is 13.1 Å². The van der Waals surface area contributed by atoms with Gasteiger partial charge < -0.3 is 10.6 Å². The Kier molecular flexibility index (Phi) is 1.71. The standard InChI is InChI=1S/C6H12N2O/c1-5(7)6(9)8-3-2-4-8/h5H,2-4,7H2,1H3/t5-/m1/s1. The van der Waals surface area contributed by atoms with Crippen LogP contribution in [0.25, 0.3) is 0 Å². The number of rotatable bonds is 1. The van der Waals surface area contributed by atoms with Crippen LogP contribution in [0.5, 0.6) is 0 Å². The van der Waals surface area contributed by atoms with Gasteiger partial charge in [0.15, 0.2) is 0 Å². The Bertz CT molecular complexity index is 118. The first-order valence-corrected chi connectivity index (χ1v) is 3.26. The number of nitrogens with zero attached hydrogens (tertiary/aromatic N) is 1. The normalized spacial score (nSPS) is 20.9. The smallest absolute Gasteiger partial charge is 0.239 e. The third kappa shape index (κ3) is 1.21. The maximum absolute atomic E-state index is 10.9. The van der Waals surface area contributed by atoms with Crippen LogP contribution in [0.4, 0.5) is 0 Å². The number of carbonyl (C=O) groups is 1. The molecule has 3 nitrogen and oxygen atoms in total. The lowest BCUT2D eigenvalue weighted by molar-refractivity contribution is -0.135. The van der Waals surface area contributed by atoms with Crippen LogP contribution in [-0.2, 0) is 4.79 Å². The van der Waals surface area contributed by atoms with Crippen molar-refractivity contribution in [3.8, 4) is 0 Å². The van der Waals surface area contributed by atoms with E-state index in [0.717, 1.165) is 19.5 Å². The van der Waals surface area contributed by atoms with Gasteiger partial charge in [0.05, 0.1) is 6.04 Å². The van der Waals surface area contributed by atoms with Gasteiger partial charge in [0.25, 0.3) is 0 Å². The van der Waals surface area contributed by atoms with Gasteiger partial charge in [-0.3, -0.25) is 4.79 Å². The molecule has 0 radical (unpaired) electrons. The van der Waals surface area contributed by atoms with Crippen molar-refractivity contribution < 1.29 is 4.79 Å². The summed E-state index contributed by atoms with van der Waals surface area (Å²) in [6.45, 7) is 3.53. The number of nitrogens with two attached hydrogens (primary N) is 1. The molecule has 0 bridgehead atoms. The lowest BCUT2D eigenvalue weighted by Gasteiger charge is -2.32. The average Bonchev–Trinajstić information content (AvgIpc) is 1.60. The number of carbonyl (C=O) groups excluding carboxylic acids is 1. The Morgan fingerprint density at radius 1 is 1.67 bits per heavy atom. The predicted octanol–water partition coefficient (Wildman–Crippen LogP) is -0.434. The van der Waals surface area contributed by atoms with Crippen molar-refractivity contribution >= 4 is 5.91 Å². The second-order valence-corrected chi connectivity index (χ2v) is 2.47. The Balaban J connectivity index is 2.32. The summed E-state index contributed by atoms with van der Waals surface area (Å²) < 4.78 is 0. The summed E-state index contributed by atoms with van der Waals surface area (Å²) in [4.78, 5) is 12.7. The van der Waals surface area contributed by atoms with Crippen LogP contribution in [0.1, 0.15) is 13.3 Å².